The minimum atomic E-state index is -0.872. The zero-order valence-corrected chi connectivity index (χ0v) is 22.6. The first-order valence-electron chi connectivity index (χ1n) is 12.1. The molecule has 2 N–H and O–H groups in total. The van der Waals surface area contributed by atoms with Crippen LogP contribution in [0.25, 0.3) is 0 Å². The van der Waals surface area contributed by atoms with Crippen LogP contribution < -0.4 is 10.6 Å². The van der Waals surface area contributed by atoms with E-state index in [0.717, 1.165) is 11.8 Å². The number of halogens is 2. The fourth-order valence-electron chi connectivity index (χ4n) is 5.03. The highest BCUT2D eigenvalue weighted by molar-refractivity contribution is 6.39. The first kappa shape index (κ1) is 28.5. The van der Waals surface area contributed by atoms with Crippen LogP contribution in [0.5, 0.6) is 0 Å². The summed E-state index contributed by atoms with van der Waals surface area (Å²) in [7, 11) is 1.37. The molecule has 3 rings (SSSR count). The molecule has 1 aromatic carbocycles. The third-order valence-corrected chi connectivity index (χ3v) is 6.88. The van der Waals surface area contributed by atoms with Crippen molar-refractivity contribution < 1.29 is 23.5 Å². The van der Waals surface area contributed by atoms with Gasteiger partial charge in [0, 0.05) is 48.5 Å². The number of anilines is 1. The number of likely N-dealkylation sites (tertiary alicyclic amines) is 1. The number of aryl methyl sites for hydroxylation is 1. The normalized spacial score (nSPS) is 17.3. The van der Waals surface area contributed by atoms with Gasteiger partial charge < -0.3 is 15.4 Å². The topological polar surface area (TPSA) is 118 Å². The van der Waals surface area contributed by atoms with Crippen molar-refractivity contribution in [2.24, 2.45) is 0 Å². The van der Waals surface area contributed by atoms with Gasteiger partial charge in [-0.1, -0.05) is 16.8 Å². The third kappa shape index (κ3) is 7.48. The standard InChI is InChI=1S/C25H34ClFN6O4/c1-24(2)12-17(29-23(36)22(35)28-16-8-9-19(26)20(27)11-16)13-25(3,4)33(24)15-18-14-32(31-30-18)10-6-7-21(34)37-5/h8-9,11,14,17H,6-7,10,12-13,15H2,1-5H3,(H,28,35)(H,29,36). The largest absolute Gasteiger partial charge is 0.469 e. The molecule has 2 aromatic rings. The highest BCUT2D eigenvalue weighted by Gasteiger charge is 2.46. The predicted molar refractivity (Wildman–Crippen MR) is 136 cm³/mol. The Balaban J connectivity index is 1.59. The van der Waals surface area contributed by atoms with Gasteiger partial charge in [-0.2, -0.15) is 0 Å². The van der Waals surface area contributed by atoms with Crippen LogP contribution in [0.15, 0.2) is 24.4 Å². The lowest BCUT2D eigenvalue weighted by atomic mass is 9.76. The number of methoxy groups -OCH3 is 1. The molecule has 0 atom stereocenters. The summed E-state index contributed by atoms with van der Waals surface area (Å²) in [5.41, 5.74) is 0.293. The lowest BCUT2D eigenvalue weighted by Crippen LogP contribution is -2.64. The number of carbonyl (C=O) groups excluding carboxylic acids is 3. The summed E-state index contributed by atoms with van der Waals surface area (Å²) in [4.78, 5) is 38.6. The molecule has 1 saturated heterocycles. The molecule has 1 aliphatic heterocycles. The lowest BCUT2D eigenvalue weighted by Gasteiger charge is -2.55. The van der Waals surface area contributed by atoms with Crippen LogP contribution in [-0.2, 0) is 32.2 Å². The molecule has 0 radical (unpaired) electrons. The molecule has 1 aliphatic rings. The Bertz CT molecular complexity index is 1130. The average Bonchev–Trinajstić information content (AvgIpc) is 3.25. The van der Waals surface area contributed by atoms with Crippen LogP contribution in [0.2, 0.25) is 5.02 Å². The van der Waals surface area contributed by atoms with Crippen molar-refractivity contribution in [1.29, 1.82) is 0 Å². The van der Waals surface area contributed by atoms with E-state index in [9.17, 15) is 18.8 Å². The van der Waals surface area contributed by atoms with Gasteiger partial charge in [0.2, 0.25) is 0 Å². The second-order valence-corrected chi connectivity index (χ2v) is 10.9. The Morgan fingerprint density at radius 1 is 1.16 bits per heavy atom. The van der Waals surface area contributed by atoms with E-state index in [-0.39, 0.29) is 33.8 Å². The van der Waals surface area contributed by atoms with Crippen LogP contribution in [0.4, 0.5) is 10.1 Å². The zero-order chi connectivity index (χ0) is 27.4. The van der Waals surface area contributed by atoms with Crippen molar-refractivity contribution in [2.75, 3.05) is 12.4 Å². The van der Waals surface area contributed by atoms with Crippen molar-refractivity contribution in [3.8, 4) is 0 Å². The molecule has 1 aromatic heterocycles. The predicted octanol–water partition coefficient (Wildman–Crippen LogP) is 3.30. The van der Waals surface area contributed by atoms with Crippen molar-refractivity contribution in [2.45, 2.75) is 83.6 Å². The zero-order valence-electron chi connectivity index (χ0n) is 21.8. The highest BCUT2D eigenvalue weighted by atomic mass is 35.5. The quantitative estimate of drug-likeness (QED) is 0.392. The number of aromatic nitrogens is 3. The van der Waals surface area contributed by atoms with Crippen LogP contribution in [0, 0.1) is 5.82 Å². The summed E-state index contributed by atoms with van der Waals surface area (Å²) >= 11 is 5.67. The van der Waals surface area contributed by atoms with Gasteiger partial charge in [0.15, 0.2) is 0 Å². The number of ether oxygens (including phenoxy) is 1. The fourth-order valence-corrected chi connectivity index (χ4v) is 5.15. The number of piperidine rings is 1. The Hall–Kier alpha value is -3.05. The van der Waals surface area contributed by atoms with Gasteiger partial charge in [-0.3, -0.25) is 24.0 Å². The van der Waals surface area contributed by atoms with Gasteiger partial charge in [0.05, 0.1) is 17.8 Å². The van der Waals surface area contributed by atoms with E-state index >= 15 is 0 Å². The van der Waals surface area contributed by atoms with Gasteiger partial charge in [-0.05, 0) is 65.2 Å². The third-order valence-electron chi connectivity index (χ3n) is 6.57. The Morgan fingerprint density at radius 2 is 1.84 bits per heavy atom. The summed E-state index contributed by atoms with van der Waals surface area (Å²) in [6, 6.07) is 3.56. The van der Waals surface area contributed by atoms with E-state index in [1.165, 1.54) is 19.2 Å². The SMILES string of the molecule is COC(=O)CCCn1cc(CN2C(C)(C)CC(NC(=O)C(=O)Nc3ccc(Cl)c(F)c3)CC2(C)C)nn1. The molecular formula is C25H34ClFN6O4. The molecule has 37 heavy (non-hydrogen) atoms. The van der Waals surface area contributed by atoms with E-state index in [0.29, 0.717) is 38.8 Å². The maximum absolute atomic E-state index is 13.7. The Labute approximate surface area is 220 Å². The second kappa shape index (κ2) is 11.6. The van der Waals surface area contributed by atoms with Gasteiger partial charge in [0.25, 0.3) is 0 Å². The molecule has 202 valence electrons. The lowest BCUT2D eigenvalue weighted by molar-refractivity contribution is -0.140. The van der Waals surface area contributed by atoms with Crippen molar-refractivity contribution in [1.82, 2.24) is 25.2 Å². The van der Waals surface area contributed by atoms with E-state index in [1.54, 1.807) is 4.68 Å². The number of hydrogen-bond donors (Lipinski definition) is 2. The van der Waals surface area contributed by atoms with E-state index in [4.69, 9.17) is 11.6 Å². The fraction of sp³-hybridized carbons (Fsp3) is 0.560. The summed E-state index contributed by atoms with van der Waals surface area (Å²) in [6.45, 7) is 9.47. The number of rotatable bonds is 8. The van der Waals surface area contributed by atoms with Gasteiger partial charge >= 0.3 is 17.8 Å². The van der Waals surface area contributed by atoms with Gasteiger partial charge in [0.1, 0.15) is 5.82 Å². The summed E-state index contributed by atoms with van der Waals surface area (Å²) in [5, 5.41) is 13.6. The second-order valence-electron chi connectivity index (χ2n) is 10.5. The van der Waals surface area contributed by atoms with Gasteiger partial charge in [-0.25, -0.2) is 4.39 Å². The molecule has 0 bridgehead atoms. The molecule has 12 heteroatoms. The molecule has 1 fully saturated rings. The molecular weight excluding hydrogens is 503 g/mol. The van der Waals surface area contributed by atoms with Gasteiger partial charge in [-0.15, -0.1) is 5.10 Å². The number of benzene rings is 1. The Morgan fingerprint density at radius 3 is 2.46 bits per heavy atom. The summed E-state index contributed by atoms with van der Waals surface area (Å²) < 4.78 is 20.0. The molecule has 0 aliphatic carbocycles. The van der Waals surface area contributed by atoms with Crippen LogP contribution in [0.1, 0.15) is 59.1 Å². The first-order chi connectivity index (χ1) is 17.3. The molecule has 0 unspecified atom stereocenters. The van der Waals surface area contributed by atoms with Crippen molar-refractivity contribution in [3.63, 3.8) is 0 Å². The summed E-state index contributed by atoms with van der Waals surface area (Å²) in [6.07, 6.45) is 4.02. The number of nitrogens with zero attached hydrogens (tertiary/aromatic N) is 4. The minimum Gasteiger partial charge on any atom is -0.469 e. The molecule has 0 spiro atoms. The number of nitrogens with one attached hydrogen (secondary N) is 2. The maximum Gasteiger partial charge on any atom is 0.313 e. The van der Waals surface area contributed by atoms with Crippen LogP contribution in [0.3, 0.4) is 0 Å². The van der Waals surface area contributed by atoms with Crippen LogP contribution >= 0.6 is 11.6 Å². The monoisotopic (exact) mass is 536 g/mol. The number of carbonyl (C=O) groups is 3. The number of hydrogen-bond acceptors (Lipinski definition) is 7. The van der Waals surface area contributed by atoms with Crippen molar-refractivity contribution >= 4 is 35.1 Å². The Kier molecular flexibility index (Phi) is 8.91. The van der Waals surface area contributed by atoms with E-state index < -0.39 is 17.6 Å². The van der Waals surface area contributed by atoms with E-state index in [1.807, 2.05) is 6.20 Å². The highest BCUT2D eigenvalue weighted by Crippen LogP contribution is 2.39. The summed E-state index contributed by atoms with van der Waals surface area (Å²) in [5.74, 6) is -2.59. The maximum atomic E-state index is 13.7. The first-order valence-corrected chi connectivity index (χ1v) is 12.5. The minimum absolute atomic E-state index is 0.0696. The molecule has 2 heterocycles. The molecule has 0 saturated carbocycles. The van der Waals surface area contributed by atoms with Crippen LogP contribution in [-0.4, -0.2) is 61.9 Å². The molecule has 2 amide bonds. The number of amides is 2. The van der Waals surface area contributed by atoms with Crippen molar-refractivity contribution in [3.05, 3.63) is 40.9 Å². The molecule has 10 nitrogen and oxygen atoms in total. The smallest absolute Gasteiger partial charge is 0.313 e. The van der Waals surface area contributed by atoms with E-state index in [2.05, 4.69) is 58.3 Å². The number of esters is 1. The average molecular weight is 537 g/mol.